The molecular weight excluding hydrogens is 467 g/mol. The summed E-state index contributed by atoms with van der Waals surface area (Å²) in [5, 5.41) is 0. The summed E-state index contributed by atoms with van der Waals surface area (Å²) in [7, 11) is 0. The normalized spacial score (nSPS) is 18.9. The number of hydrogen-bond acceptors (Lipinski definition) is 6. The molecule has 6 rings (SSSR count). The first kappa shape index (κ1) is 23.4. The van der Waals surface area contributed by atoms with Gasteiger partial charge in [0.2, 0.25) is 0 Å². The van der Waals surface area contributed by atoms with Gasteiger partial charge in [-0.1, -0.05) is 0 Å². The molecule has 36 heavy (non-hydrogen) atoms. The van der Waals surface area contributed by atoms with E-state index in [1.807, 2.05) is 6.20 Å². The second kappa shape index (κ2) is 9.46. The Balaban J connectivity index is 1.24. The number of aromatic nitrogens is 5. The number of anilines is 1. The standard InChI is InChI=1S/C26H30F3N7/c27-26(28,29)23-15-19(5-8-30-23)22-16-36(14-13-34-9-2-10-34)24(33-22)18-6-11-35(12-7-18)25-20-3-1-4-21(20)31-17-32-25/h5,8,15-18H,1-4,6-7,9-14H2. The molecule has 3 aliphatic rings. The van der Waals surface area contributed by atoms with Gasteiger partial charge in [0.15, 0.2) is 0 Å². The maximum Gasteiger partial charge on any atom is 0.433 e. The predicted molar refractivity (Wildman–Crippen MR) is 130 cm³/mol. The van der Waals surface area contributed by atoms with Gasteiger partial charge in [-0.25, -0.2) is 15.0 Å². The predicted octanol–water partition coefficient (Wildman–Crippen LogP) is 4.33. The van der Waals surface area contributed by atoms with E-state index in [4.69, 9.17) is 4.98 Å². The molecule has 3 aromatic rings. The van der Waals surface area contributed by atoms with E-state index >= 15 is 0 Å². The number of likely N-dealkylation sites (tertiary alicyclic amines) is 1. The molecule has 0 aromatic carbocycles. The van der Waals surface area contributed by atoms with Crippen molar-refractivity contribution in [1.29, 1.82) is 0 Å². The van der Waals surface area contributed by atoms with Crippen molar-refractivity contribution in [3.8, 4) is 11.3 Å². The first-order chi connectivity index (χ1) is 17.5. The molecule has 0 atom stereocenters. The van der Waals surface area contributed by atoms with Crippen molar-refractivity contribution < 1.29 is 13.2 Å². The molecule has 0 saturated carbocycles. The van der Waals surface area contributed by atoms with E-state index in [0.717, 1.165) is 89.1 Å². The average molecular weight is 498 g/mol. The average Bonchev–Trinajstić information content (AvgIpc) is 3.50. The van der Waals surface area contributed by atoms with E-state index in [9.17, 15) is 13.2 Å². The molecule has 0 spiro atoms. The highest BCUT2D eigenvalue weighted by Crippen LogP contribution is 2.35. The van der Waals surface area contributed by atoms with E-state index in [-0.39, 0.29) is 5.92 Å². The Morgan fingerprint density at radius 1 is 0.944 bits per heavy atom. The fraction of sp³-hybridized carbons (Fsp3) is 0.538. The summed E-state index contributed by atoms with van der Waals surface area (Å²) in [6, 6.07) is 2.71. The van der Waals surface area contributed by atoms with Gasteiger partial charge in [0.25, 0.3) is 0 Å². The van der Waals surface area contributed by atoms with Crippen molar-refractivity contribution in [3.05, 3.63) is 53.6 Å². The topological polar surface area (TPSA) is 63.0 Å². The minimum Gasteiger partial charge on any atom is -0.356 e. The molecule has 3 aromatic heterocycles. The number of pyridine rings is 1. The van der Waals surface area contributed by atoms with Crippen molar-refractivity contribution in [2.45, 2.75) is 57.2 Å². The van der Waals surface area contributed by atoms with Crippen LogP contribution in [0.15, 0.2) is 30.9 Å². The minimum atomic E-state index is -4.48. The van der Waals surface area contributed by atoms with Crippen LogP contribution < -0.4 is 4.90 Å². The molecule has 5 heterocycles. The number of imidazole rings is 1. The maximum absolute atomic E-state index is 13.3. The highest BCUT2D eigenvalue weighted by atomic mass is 19.4. The van der Waals surface area contributed by atoms with Gasteiger partial charge < -0.3 is 14.4 Å². The molecule has 0 radical (unpaired) electrons. The Hall–Kier alpha value is -3.01. The van der Waals surface area contributed by atoms with Crippen molar-refractivity contribution in [2.75, 3.05) is 37.6 Å². The van der Waals surface area contributed by atoms with E-state index < -0.39 is 11.9 Å². The number of fused-ring (bicyclic) bond motifs is 1. The van der Waals surface area contributed by atoms with Crippen LogP contribution in [0.5, 0.6) is 0 Å². The number of aryl methyl sites for hydroxylation is 1. The van der Waals surface area contributed by atoms with Crippen molar-refractivity contribution in [3.63, 3.8) is 0 Å². The third-order valence-corrected chi connectivity index (χ3v) is 7.77. The zero-order valence-corrected chi connectivity index (χ0v) is 20.2. The summed E-state index contributed by atoms with van der Waals surface area (Å²) in [5.41, 5.74) is 2.63. The third kappa shape index (κ3) is 4.58. The molecule has 7 nitrogen and oxygen atoms in total. The fourth-order valence-corrected chi connectivity index (χ4v) is 5.64. The van der Waals surface area contributed by atoms with E-state index in [1.54, 1.807) is 12.4 Å². The maximum atomic E-state index is 13.3. The summed E-state index contributed by atoms with van der Waals surface area (Å²) < 4.78 is 42.0. The van der Waals surface area contributed by atoms with Gasteiger partial charge in [-0.2, -0.15) is 13.2 Å². The Morgan fingerprint density at radius 2 is 1.78 bits per heavy atom. The van der Waals surface area contributed by atoms with Gasteiger partial charge in [-0.05, 0) is 63.7 Å². The SMILES string of the molecule is FC(F)(F)c1cc(-c2cn(CCN3CCC3)c(C3CCN(c4ncnc5c4CCC5)CC3)n2)ccn1. The monoisotopic (exact) mass is 497 g/mol. The number of alkyl halides is 3. The summed E-state index contributed by atoms with van der Waals surface area (Å²) >= 11 is 0. The number of rotatable bonds is 6. The molecule has 0 amide bonds. The van der Waals surface area contributed by atoms with E-state index in [2.05, 4.69) is 29.3 Å². The van der Waals surface area contributed by atoms with Crippen molar-refractivity contribution in [2.24, 2.45) is 0 Å². The van der Waals surface area contributed by atoms with Crippen LogP contribution in [-0.4, -0.2) is 62.1 Å². The Kier molecular flexibility index (Phi) is 6.15. The lowest BCUT2D eigenvalue weighted by atomic mass is 9.95. The number of halogens is 3. The third-order valence-electron chi connectivity index (χ3n) is 7.77. The minimum absolute atomic E-state index is 0.255. The van der Waals surface area contributed by atoms with Gasteiger partial charge in [-0.15, -0.1) is 0 Å². The molecule has 0 unspecified atom stereocenters. The van der Waals surface area contributed by atoms with Crippen LogP contribution in [0.2, 0.25) is 0 Å². The smallest absolute Gasteiger partial charge is 0.356 e. The summed E-state index contributed by atoms with van der Waals surface area (Å²) in [4.78, 5) is 22.3. The molecule has 190 valence electrons. The Labute approximate surface area is 208 Å². The first-order valence-corrected chi connectivity index (χ1v) is 12.9. The molecule has 0 N–H and O–H groups in total. The van der Waals surface area contributed by atoms with Crippen LogP contribution in [-0.2, 0) is 25.6 Å². The van der Waals surface area contributed by atoms with Gasteiger partial charge in [-0.3, -0.25) is 4.98 Å². The second-order valence-corrected chi connectivity index (χ2v) is 10.0. The zero-order valence-electron chi connectivity index (χ0n) is 20.2. The highest BCUT2D eigenvalue weighted by Gasteiger charge is 2.33. The number of hydrogen-bond donors (Lipinski definition) is 0. The van der Waals surface area contributed by atoms with Crippen molar-refractivity contribution in [1.82, 2.24) is 29.4 Å². The molecule has 0 bridgehead atoms. The van der Waals surface area contributed by atoms with E-state index in [0.29, 0.717) is 11.3 Å². The van der Waals surface area contributed by atoms with Crippen LogP contribution >= 0.6 is 0 Å². The number of piperidine rings is 1. The Bertz CT molecular complexity index is 1230. The van der Waals surface area contributed by atoms with Crippen molar-refractivity contribution >= 4 is 5.82 Å². The van der Waals surface area contributed by atoms with Crippen LogP contribution in [0.1, 0.15) is 54.4 Å². The lowest BCUT2D eigenvalue weighted by Gasteiger charge is -2.34. The molecule has 1 aliphatic carbocycles. The van der Waals surface area contributed by atoms with Crippen LogP contribution in [0.25, 0.3) is 11.3 Å². The van der Waals surface area contributed by atoms with Gasteiger partial charge >= 0.3 is 6.18 Å². The first-order valence-electron chi connectivity index (χ1n) is 12.9. The van der Waals surface area contributed by atoms with Crippen LogP contribution in [0.4, 0.5) is 19.0 Å². The summed E-state index contributed by atoms with van der Waals surface area (Å²) in [6.45, 7) is 5.71. The van der Waals surface area contributed by atoms with Crippen LogP contribution in [0.3, 0.4) is 0 Å². The zero-order chi connectivity index (χ0) is 24.7. The fourth-order valence-electron chi connectivity index (χ4n) is 5.64. The lowest BCUT2D eigenvalue weighted by molar-refractivity contribution is -0.141. The molecule has 2 fully saturated rings. The number of nitrogens with zero attached hydrogens (tertiary/aromatic N) is 7. The quantitative estimate of drug-likeness (QED) is 0.505. The van der Waals surface area contributed by atoms with E-state index in [1.165, 1.54) is 23.9 Å². The molecule has 2 aliphatic heterocycles. The van der Waals surface area contributed by atoms with Crippen LogP contribution in [0, 0.1) is 0 Å². The largest absolute Gasteiger partial charge is 0.433 e. The lowest BCUT2D eigenvalue weighted by Crippen LogP contribution is -2.39. The van der Waals surface area contributed by atoms with Gasteiger partial charge in [0.05, 0.1) is 5.69 Å². The highest BCUT2D eigenvalue weighted by molar-refractivity contribution is 5.59. The summed E-state index contributed by atoms with van der Waals surface area (Å²) in [5.74, 6) is 2.31. The second-order valence-electron chi connectivity index (χ2n) is 10.0. The van der Waals surface area contributed by atoms with Gasteiger partial charge in [0, 0.05) is 61.3 Å². The molecular formula is C26H30F3N7. The summed E-state index contributed by atoms with van der Waals surface area (Å²) in [6.07, 6.45) is 6.66. The van der Waals surface area contributed by atoms with Gasteiger partial charge in [0.1, 0.15) is 23.7 Å². The Morgan fingerprint density at radius 3 is 2.53 bits per heavy atom. The molecule has 10 heteroatoms. The molecule has 2 saturated heterocycles.